The van der Waals surface area contributed by atoms with Gasteiger partial charge in [0, 0.05) is 17.7 Å². The molecule has 4 nitrogen and oxygen atoms in total. The predicted molar refractivity (Wildman–Crippen MR) is 95.5 cm³/mol. The summed E-state index contributed by atoms with van der Waals surface area (Å²) in [6.45, 7) is 10.7. The molecule has 5 heteroatoms. The lowest BCUT2D eigenvalue weighted by Crippen LogP contribution is -2.41. The predicted octanol–water partition coefficient (Wildman–Crippen LogP) is 3.27. The fraction of sp³-hybridized carbons (Fsp3) is 0.421. The Labute approximate surface area is 144 Å². The molecular formula is C19H24BNO3. The summed E-state index contributed by atoms with van der Waals surface area (Å²) in [5.74, 6) is 0.608. The number of hydrogen-bond donors (Lipinski definition) is 0. The first-order valence-corrected chi connectivity index (χ1v) is 8.27. The van der Waals surface area contributed by atoms with Crippen molar-refractivity contribution in [3.05, 3.63) is 53.7 Å². The number of nitrogens with zero attached hydrogens (tertiary/aromatic N) is 1. The van der Waals surface area contributed by atoms with Crippen LogP contribution in [0.2, 0.25) is 0 Å². The van der Waals surface area contributed by atoms with Crippen molar-refractivity contribution in [1.82, 2.24) is 4.98 Å². The maximum Gasteiger partial charge on any atom is 0.496 e. The maximum atomic E-state index is 6.10. The Morgan fingerprint density at radius 3 is 2.25 bits per heavy atom. The summed E-state index contributed by atoms with van der Waals surface area (Å²) < 4.78 is 18.0. The molecule has 0 amide bonds. The van der Waals surface area contributed by atoms with E-state index in [4.69, 9.17) is 14.0 Å². The lowest BCUT2D eigenvalue weighted by Gasteiger charge is -2.32. The van der Waals surface area contributed by atoms with Crippen LogP contribution in [0.3, 0.4) is 0 Å². The molecule has 0 saturated carbocycles. The van der Waals surface area contributed by atoms with Gasteiger partial charge in [0.1, 0.15) is 6.61 Å². The molecule has 0 atom stereocenters. The van der Waals surface area contributed by atoms with E-state index in [-0.39, 0.29) is 11.2 Å². The molecule has 0 radical (unpaired) electrons. The van der Waals surface area contributed by atoms with Crippen molar-refractivity contribution in [3.63, 3.8) is 0 Å². The third-order valence-electron chi connectivity index (χ3n) is 4.86. The lowest BCUT2D eigenvalue weighted by molar-refractivity contribution is 0.00578. The highest BCUT2D eigenvalue weighted by atomic mass is 16.7. The first-order valence-electron chi connectivity index (χ1n) is 8.27. The largest absolute Gasteiger partial charge is 0.496 e. The Kier molecular flexibility index (Phi) is 4.41. The van der Waals surface area contributed by atoms with Crippen LogP contribution in [0.25, 0.3) is 0 Å². The Bertz CT molecular complexity index is 700. The van der Waals surface area contributed by atoms with Crippen molar-refractivity contribution in [3.8, 4) is 5.88 Å². The van der Waals surface area contributed by atoms with Gasteiger partial charge in [-0.2, -0.15) is 0 Å². The van der Waals surface area contributed by atoms with Gasteiger partial charge in [-0.1, -0.05) is 30.3 Å². The first kappa shape index (κ1) is 17.0. The van der Waals surface area contributed by atoms with Gasteiger partial charge in [-0.25, -0.2) is 4.98 Å². The summed E-state index contributed by atoms with van der Waals surface area (Å²) >= 11 is 0. The van der Waals surface area contributed by atoms with E-state index in [1.54, 1.807) is 6.20 Å². The summed E-state index contributed by atoms with van der Waals surface area (Å²) in [5, 5.41) is 0. The molecule has 24 heavy (non-hydrogen) atoms. The van der Waals surface area contributed by atoms with E-state index in [0.29, 0.717) is 12.5 Å². The SMILES string of the molecule is Cc1cc(OCc2ccccc2)ncc1B1OC(C)(C)C(C)(C)O1. The second kappa shape index (κ2) is 6.23. The second-order valence-electron chi connectivity index (χ2n) is 7.24. The van der Waals surface area contributed by atoms with Gasteiger partial charge in [0.2, 0.25) is 5.88 Å². The fourth-order valence-corrected chi connectivity index (χ4v) is 2.57. The molecule has 0 bridgehead atoms. The van der Waals surface area contributed by atoms with Crippen molar-refractivity contribution in [2.45, 2.75) is 52.4 Å². The van der Waals surface area contributed by atoms with Crippen LogP contribution in [0.15, 0.2) is 42.6 Å². The van der Waals surface area contributed by atoms with Crippen molar-refractivity contribution in [2.75, 3.05) is 0 Å². The average molecular weight is 325 g/mol. The molecule has 0 aliphatic carbocycles. The summed E-state index contributed by atoms with van der Waals surface area (Å²) in [6, 6.07) is 12.0. The van der Waals surface area contributed by atoms with Crippen LogP contribution >= 0.6 is 0 Å². The standard InChI is InChI=1S/C19H24BNO3/c1-14-11-17(22-13-15-9-7-6-8-10-15)21-12-16(14)20-23-18(2,3)19(4,5)24-20/h6-12H,13H2,1-5H3. The normalized spacial score (nSPS) is 18.6. The van der Waals surface area contributed by atoms with E-state index in [0.717, 1.165) is 16.6 Å². The Hall–Kier alpha value is -1.85. The molecule has 1 fully saturated rings. The van der Waals surface area contributed by atoms with Gasteiger partial charge in [0.25, 0.3) is 0 Å². The number of pyridine rings is 1. The minimum atomic E-state index is -0.398. The van der Waals surface area contributed by atoms with Crippen molar-refractivity contribution < 1.29 is 14.0 Å². The minimum absolute atomic E-state index is 0.355. The number of rotatable bonds is 4. The third kappa shape index (κ3) is 3.33. The van der Waals surface area contributed by atoms with E-state index in [1.165, 1.54) is 0 Å². The van der Waals surface area contributed by atoms with Crippen LogP contribution in [-0.2, 0) is 15.9 Å². The van der Waals surface area contributed by atoms with Crippen LogP contribution in [0.1, 0.15) is 38.8 Å². The molecule has 1 aliphatic heterocycles. The number of hydrogen-bond acceptors (Lipinski definition) is 4. The van der Waals surface area contributed by atoms with Gasteiger partial charge in [-0.05, 0) is 45.7 Å². The molecule has 0 N–H and O–H groups in total. The molecule has 0 spiro atoms. The van der Waals surface area contributed by atoms with Crippen LogP contribution in [0.4, 0.5) is 0 Å². The fourth-order valence-electron chi connectivity index (χ4n) is 2.57. The van der Waals surface area contributed by atoms with Gasteiger partial charge >= 0.3 is 7.12 Å². The van der Waals surface area contributed by atoms with Crippen LogP contribution in [-0.4, -0.2) is 23.3 Å². The van der Waals surface area contributed by atoms with Crippen molar-refractivity contribution in [1.29, 1.82) is 0 Å². The number of ether oxygens (including phenoxy) is 1. The zero-order valence-electron chi connectivity index (χ0n) is 15.0. The summed E-state index contributed by atoms with van der Waals surface area (Å²) in [7, 11) is -0.398. The minimum Gasteiger partial charge on any atom is -0.473 e. The summed E-state index contributed by atoms with van der Waals surface area (Å²) in [6.07, 6.45) is 1.79. The third-order valence-corrected chi connectivity index (χ3v) is 4.86. The van der Waals surface area contributed by atoms with Crippen LogP contribution in [0.5, 0.6) is 5.88 Å². The number of aryl methyl sites for hydroxylation is 1. The van der Waals surface area contributed by atoms with Crippen molar-refractivity contribution >= 4 is 12.6 Å². The maximum absolute atomic E-state index is 6.10. The highest BCUT2D eigenvalue weighted by Crippen LogP contribution is 2.36. The van der Waals surface area contributed by atoms with Gasteiger partial charge in [-0.15, -0.1) is 0 Å². The molecule has 1 saturated heterocycles. The smallest absolute Gasteiger partial charge is 0.473 e. The summed E-state index contributed by atoms with van der Waals surface area (Å²) in [4.78, 5) is 4.41. The van der Waals surface area contributed by atoms with E-state index < -0.39 is 7.12 Å². The molecule has 2 heterocycles. The van der Waals surface area contributed by atoms with Gasteiger partial charge in [0.15, 0.2) is 0 Å². The highest BCUT2D eigenvalue weighted by molar-refractivity contribution is 6.62. The Morgan fingerprint density at radius 1 is 1.04 bits per heavy atom. The van der Waals surface area contributed by atoms with Crippen LogP contribution in [0, 0.1) is 6.92 Å². The molecule has 126 valence electrons. The second-order valence-corrected chi connectivity index (χ2v) is 7.24. The van der Waals surface area contributed by atoms with E-state index in [1.807, 2.05) is 71.0 Å². The number of benzene rings is 1. The summed E-state index contributed by atoms with van der Waals surface area (Å²) in [5.41, 5.74) is 2.40. The van der Waals surface area contributed by atoms with E-state index in [9.17, 15) is 0 Å². The molecule has 1 aliphatic rings. The topological polar surface area (TPSA) is 40.6 Å². The number of aromatic nitrogens is 1. The Balaban J connectivity index is 1.72. The van der Waals surface area contributed by atoms with Crippen LogP contribution < -0.4 is 10.2 Å². The molecule has 3 rings (SSSR count). The monoisotopic (exact) mass is 325 g/mol. The van der Waals surface area contributed by atoms with Gasteiger partial charge < -0.3 is 14.0 Å². The van der Waals surface area contributed by atoms with E-state index in [2.05, 4.69) is 4.98 Å². The van der Waals surface area contributed by atoms with Gasteiger partial charge in [0.05, 0.1) is 11.2 Å². The van der Waals surface area contributed by atoms with Crippen molar-refractivity contribution in [2.24, 2.45) is 0 Å². The lowest BCUT2D eigenvalue weighted by atomic mass is 9.77. The molecule has 1 aromatic heterocycles. The van der Waals surface area contributed by atoms with Gasteiger partial charge in [-0.3, -0.25) is 0 Å². The highest BCUT2D eigenvalue weighted by Gasteiger charge is 2.52. The molecule has 1 aromatic carbocycles. The van der Waals surface area contributed by atoms with E-state index >= 15 is 0 Å². The zero-order valence-corrected chi connectivity index (χ0v) is 15.0. The molecular weight excluding hydrogens is 301 g/mol. The quantitative estimate of drug-likeness (QED) is 0.809. The Morgan fingerprint density at radius 2 is 1.67 bits per heavy atom. The zero-order chi connectivity index (χ0) is 17.4. The molecule has 0 unspecified atom stereocenters. The molecule has 2 aromatic rings. The average Bonchev–Trinajstić information content (AvgIpc) is 2.74. The first-order chi connectivity index (χ1) is 11.3.